The van der Waals surface area contributed by atoms with Crippen molar-refractivity contribution in [1.29, 1.82) is 0 Å². The molecule has 2 aromatic carbocycles. The number of aryl methyl sites for hydroxylation is 1. The molecule has 1 aliphatic rings. The van der Waals surface area contributed by atoms with Crippen molar-refractivity contribution >= 4 is 20.8 Å². The third kappa shape index (κ3) is 2.64. The topological polar surface area (TPSA) is 49.4 Å². The van der Waals surface area contributed by atoms with Gasteiger partial charge in [0, 0.05) is 24.5 Å². The number of nitrogens with zero attached hydrogens (tertiary/aromatic N) is 1. The number of benzene rings is 2. The fraction of sp³-hybridized carbons (Fsp3) is 0.412. The molecule has 1 unspecified atom stereocenters. The highest BCUT2D eigenvalue weighted by Gasteiger charge is 2.31. The molecule has 0 saturated carbocycles. The summed E-state index contributed by atoms with van der Waals surface area (Å²) in [4.78, 5) is 0.428. The van der Waals surface area contributed by atoms with Crippen molar-refractivity contribution in [2.45, 2.75) is 31.2 Å². The average Bonchev–Trinajstić information content (AvgIpc) is 2.72. The molecule has 0 spiro atoms. The normalized spacial score (nSPS) is 20.9. The summed E-state index contributed by atoms with van der Waals surface area (Å²) in [5, 5.41) is 5.11. The zero-order chi connectivity index (χ0) is 15.7. The summed E-state index contributed by atoms with van der Waals surface area (Å²) >= 11 is 0. The molecule has 4 nitrogen and oxygen atoms in total. The molecule has 22 heavy (non-hydrogen) atoms. The van der Waals surface area contributed by atoms with Gasteiger partial charge in [-0.1, -0.05) is 30.3 Å². The summed E-state index contributed by atoms with van der Waals surface area (Å²) in [7, 11) is -3.49. The fourth-order valence-electron chi connectivity index (χ4n) is 3.18. The van der Waals surface area contributed by atoms with Gasteiger partial charge in [0.1, 0.15) is 0 Å². The molecular weight excluding hydrogens is 296 g/mol. The predicted octanol–water partition coefficient (Wildman–Crippen LogP) is 2.52. The van der Waals surface area contributed by atoms with Crippen molar-refractivity contribution in [1.82, 2.24) is 9.62 Å². The third-order valence-electron chi connectivity index (χ3n) is 4.32. The van der Waals surface area contributed by atoms with Crippen LogP contribution in [0.2, 0.25) is 0 Å². The van der Waals surface area contributed by atoms with E-state index in [1.165, 1.54) is 0 Å². The standard InChI is InChI=1S/C17H22N2O2S/c1-13-6-3-7-15-8-4-9-16(17(13)15)22(20,21)19-11-5-10-18-12-14(19)2/h3-4,6-9,14,18H,5,10-12H2,1-2H3. The maximum absolute atomic E-state index is 13.2. The smallest absolute Gasteiger partial charge is 0.243 e. The Morgan fingerprint density at radius 2 is 1.91 bits per heavy atom. The van der Waals surface area contributed by atoms with E-state index in [4.69, 9.17) is 0 Å². The van der Waals surface area contributed by atoms with Crippen LogP contribution >= 0.6 is 0 Å². The second-order valence-corrected chi connectivity index (χ2v) is 7.81. The van der Waals surface area contributed by atoms with Gasteiger partial charge in [0.05, 0.1) is 4.90 Å². The lowest BCUT2D eigenvalue weighted by molar-refractivity contribution is 0.354. The highest BCUT2D eigenvalue weighted by Crippen LogP contribution is 2.29. The van der Waals surface area contributed by atoms with E-state index in [0.717, 1.165) is 29.3 Å². The highest BCUT2D eigenvalue weighted by atomic mass is 32.2. The van der Waals surface area contributed by atoms with Gasteiger partial charge >= 0.3 is 0 Å². The van der Waals surface area contributed by atoms with Crippen molar-refractivity contribution in [2.75, 3.05) is 19.6 Å². The lowest BCUT2D eigenvalue weighted by Gasteiger charge is -2.26. The molecule has 5 heteroatoms. The first-order valence-electron chi connectivity index (χ1n) is 7.73. The fourth-order valence-corrected chi connectivity index (χ4v) is 5.14. The number of rotatable bonds is 2. The maximum Gasteiger partial charge on any atom is 0.243 e. The average molecular weight is 318 g/mol. The predicted molar refractivity (Wildman–Crippen MR) is 89.5 cm³/mol. The summed E-state index contributed by atoms with van der Waals surface area (Å²) in [6, 6.07) is 11.4. The van der Waals surface area contributed by atoms with Gasteiger partial charge in [-0.2, -0.15) is 4.31 Å². The first-order chi connectivity index (χ1) is 10.5. The van der Waals surface area contributed by atoms with Gasteiger partial charge in [0.15, 0.2) is 0 Å². The Morgan fingerprint density at radius 1 is 1.18 bits per heavy atom. The zero-order valence-electron chi connectivity index (χ0n) is 13.0. The van der Waals surface area contributed by atoms with Crippen LogP contribution in [0.25, 0.3) is 10.8 Å². The van der Waals surface area contributed by atoms with Gasteiger partial charge in [-0.15, -0.1) is 0 Å². The third-order valence-corrected chi connectivity index (χ3v) is 6.38. The number of nitrogens with one attached hydrogen (secondary N) is 1. The van der Waals surface area contributed by atoms with E-state index in [1.54, 1.807) is 10.4 Å². The van der Waals surface area contributed by atoms with Crippen molar-refractivity contribution in [3.8, 4) is 0 Å². The molecule has 2 aromatic rings. The largest absolute Gasteiger partial charge is 0.315 e. The molecule has 0 aliphatic carbocycles. The zero-order valence-corrected chi connectivity index (χ0v) is 13.9. The second kappa shape index (κ2) is 5.99. The van der Waals surface area contributed by atoms with Crippen molar-refractivity contribution in [3.05, 3.63) is 42.0 Å². The minimum absolute atomic E-state index is 0.0354. The van der Waals surface area contributed by atoms with Crippen LogP contribution in [-0.4, -0.2) is 38.4 Å². The van der Waals surface area contributed by atoms with E-state index in [-0.39, 0.29) is 6.04 Å². The molecule has 1 atom stereocenters. The monoisotopic (exact) mass is 318 g/mol. The Bertz CT molecular complexity index is 781. The molecule has 1 aliphatic heterocycles. The molecule has 1 fully saturated rings. The summed E-state index contributed by atoms with van der Waals surface area (Å²) in [5.74, 6) is 0. The van der Waals surface area contributed by atoms with E-state index in [1.807, 2.05) is 44.2 Å². The van der Waals surface area contributed by atoms with E-state index in [2.05, 4.69) is 5.32 Å². The van der Waals surface area contributed by atoms with Crippen molar-refractivity contribution < 1.29 is 8.42 Å². The number of hydrogen-bond acceptors (Lipinski definition) is 3. The first kappa shape index (κ1) is 15.5. The van der Waals surface area contributed by atoms with Crippen LogP contribution in [0.5, 0.6) is 0 Å². The summed E-state index contributed by atoms with van der Waals surface area (Å²) in [6.07, 6.45) is 0.841. The van der Waals surface area contributed by atoms with Crippen LogP contribution in [0.15, 0.2) is 41.3 Å². The second-order valence-electron chi connectivity index (χ2n) is 5.95. The Labute approximate surface area is 132 Å². The molecule has 1 heterocycles. The molecule has 0 aromatic heterocycles. The molecule has 0 amide bonds. The van der Waals surface area contributed by atoms with Gasteiger partial charge in [0.25, 0.3) is 0 Å². The van der Waals surface area contributed by atoms with Gasteiger partial charge in [-0.05, 0) is 43.8 Å². The molecule has 1 saturated heterocycles. The molecule has 3 rings (SSSR count). The number of hydrogen-bond donors (Lipinski definition) is 1. The van der Waals surface area contributed by atoms with Crippen LogP contribution in [0.4, 0.5) is 0 Å². The lowest BCUT2D eigenvalue weighted by Crippen LogP contribution is -2.41. The Balaban J connectivity index is 2.17. The quantitative estimate of drug-likeness (QED) is 0.925. The lowest BCUT2D eigenvalue weighted by atomic mass is 10.1. The summed E-state index contributed by atoms with van der Waals surface area (Å²) < 4.78 is 28.1. The minimum atomic E-state index is -3.49. The first-order valence-corrected chi connectivity index (χ1v) is 9.17. The Hall–Kier alpha value is -1.43. The van der Waals surface area contributed by atoms with Gasteiger partial charge in [0.2, 0.25) is 10.0 Å². The van der Waals surface area contributed by atoms with Crippen LogP contribution < -0.4 is 5.32 Å². The Kier molecular flexibility index (Phi) is 4.21. The van der Waals surface area contributed by atoms with Crippen molar-refractivity contribution in [3.63, 3.8) is 0 Å². The maximum atomic E-state index is 13.2. The summed E-state index contributed by atoms with van der Waals surface area (Å²) in [5.41, 5.74) is 0.997. The van der Waals surface area contributed by atoms with Crippen LogP contribution in [0, 0.1) is 6.92 Å². The SMILES string of the molecule is Cc1cccc2cccc(S(=O)(=O)N3CCCNCC3C)c12. The van der Waals surface area contributed by atoms with Gasteiger partial charge in [-0.25, -0.2) is 8.42 Å². The molecule has 0 bridgehead atoms. The van der Waals surface area contributed by atoms with E-state index < -0.39 is 10.0 Å². The summed E-state index contributed by atoms with van der Waals surface area (Å²) in [6.45, 7) is 6.06. The highest BCUT2D eigenvalue weighted by molar-refractivity contribution is 7.89. The number of sulfonamides is 1. The van der Waals surface area contributed by atoms with Crippen molar-refractivity contribution in [2.24, 2.45) is 0 Å². The molecule has 0 radical (unpaired) electrons. The van der Waals surface area contributed by atoms with Crippen LogP contribution in [0.1, 0.15) is 18.9 Å². The van der Waals surface area contributed by atoms with E-state index in [9.17, 15) is 8.42 Å². The van der Waals surface area contributed by atoms with Crippen LogP contribution in [-0.2, 0) is 10.0 Å². The molecular formula is C17H22N2O2S. The van der Waals surface area contributed by atoms with Gasteiger partial charge < -0.3 is 5.32 Å². The van der Waals surface area contributed by atoms with Gasteiger partial charge in [-0.3, -0.25) is 0 Å². The van der Waals surface area contributed by atoms with E-state index >= 15 is 0 Å². The Morgan fingerprint density at radius 3 is 2.68 bits per heavy atom. The number of fused-ring (bicyclic) bond motifs is 1. The van der Waals surface area contributed by atoms with Crippen LogP contribution in [0.3, 0.4) is 0 Å². The van der Waals surface area contributed by atoms with E-state index in [0.29, 0.717) is 18.0 Å². The minimum Gasteiger partial charge on any atom is -0.315 e. The molecule has 1 N–H and O–H groups in total. The molecule has 118 valence electrons.